The van der Waals surface area contributed by atoms with Crippen molar-refractivity contribution in [1.82, 2.24) is 4.57 Å². The Hall–Kier alpha value is -4.58. The quantitative estimate of drug-likeness (QED) is 0.249. The number of para-hydroxylation sites is 1. The molecule has 0 fully saturated rings. The number of nitrogens with zero attached hydrogens (tertiary/aromatic N) is 1. The zero-order chi connectivity index (χ0) is 27.1. The number of ether oxygens (including phenoxy) is 2. The highest BCUT2D eigenvalue weighted by Gasteiger charge is 2.29. The number of anilines is 1. The highest BCUT2D eigenvalue weighted by atomic mass is 19.1. The molecule has 0 saturated carbocycles. The van der Waals surface area contributed by atoms with Gasteiger partial charge in [0.2, 0.25) is 5.91 Å². The summed E-state index contributed by atoms with van der Waals surface area (Å²) in [4.78, 5) is 13.1. The van der Waals surface area contributed by atoms with Crippen molar-refractivity contribution < 1.29 is 18.7 Å². The zero-order valence-corrected chi connectivity index (χ0v) is 22.0. The Bertz CT molecular complexity index is 1740. The third-order valence-electron chi connectivity index (χ3n) is 7.91. The fourth-order valence-corrected chi connectivity index (χ4v) is 6.06. The summed E-state index contributed by atoms with van der Waals surface area (Å²) in [5, 5.41) is 4.13. The molecule has 4 aromatic carbocycles. The van der Waals surface area contributed by atoms with Gasteiger partial charge in [0.05, 0.1) is 24.4 Å². The van der Waals surface area contributed by atoms with Crippen molar-refractivity contribution in [2.24, 2.45) is 0 Å². The third kappa shape index (κ3) is 4.60. The number of carbonyl (C=O) groups is 1. The van der Waals surface area contributed by atoms with E-state index in [1.54, 1.807) is 12.1 Å². The standard InChI is InChI=1S/C34H29FN2O3/c35-25-6-3-5-23(18-25)20-37-21-28-27(19-33(38)36-29-8-4-9-30(37)34(28)29)26-7-1-2-10-32(26)40-15-13-22-11-12-31-24(17-22)14-16-39-31/h1-12,17-18,21,27H,13-16,19-20H2,(H,36,38)/t27-/m0/s1. The second-order valence-corrected chi connectivity index (χ2v) is 10.5. The molecule has 2 aliphatic heterocycles. The van der Waals surface area contributed by atoms with E-state index in [1.807, 2.05) is 42.5 Å². The molecule has 1 amide bonds. The monoisotopic (exact) mass is 532 g/mol. The Morgan fingerprint density at radius 1 is 0.950 bits per heavy atom. The topological polar surface area (TPSA) is 52.5 Å². The van der Waals surface area contributed by atoms with Crippen LogP contribution in [0.3, 0.4) is 0 Å². The molecular formula is C34H29FN2O3. The van der Waals surface area contributed by atoms with Crippen LogP contribution in [0.5, 0.6) is 11.5 Å². The van der Waals surface area contributed by atoms with Crippen LogP contribution in [0.2, 0.25) is 0 Å². The lowest BCUT2D eigenvalue weighted by Gasteiger charge is -2.19. The van der Waals surface area contributed by atoms with Crippen LogP contribution in [0, 0.1) is 5.82 Å². The number of halogens is 1. The number of carbonyl (C=O) groups excluding carboxylic acids is 1. The van der Waals surface area contributed by atoms with Gasteiger partial charge in [-0.2, -0.15) is 0 Å². The number of hydrogen-bond acceptors (Lipinski definition) is 3. The lowest BCUT2D eigenvalue weighted by Crippen LogP contribution is -2.15. The number of amides is 1. The maximum atomic E-state index is 13.9. The molecule has 0 bridgehead atoms. The van der Waals surface area contributed by atoms with Crippen molar-refractivity contribution in [3.8, 4) is 11.5 Å². The summed E-state index contributed by atoms with van der Waals surface area (Å²) in [6.07, 6.45) is 4.15. The van der Waals surface area contributed by atoms with Gasteiger partial charge in [0.25, 0.3) is 0 Å². The van der Waals surface area contributed by atoms with Gasteiger partial charge in [-0.3, -0.25) is 4.79 Å². The number of aromatic nitrogens is 1. The molecule has 0 spiro atoms. The lowest BCUT2D eigenvalue weighted by atomic mass is 9.88. The molecule has 0 unspecified atom stereocenters. The fraction of sp³-hybridized carbons (Fsp3) is 0.206. The van der Waals surface area contributed by atoms with E-state index in [0.29, 0.717) is 19.6 Å². The summed E-state index contributed by atoms with van der Waals surface area (Å²) in [5.74, 6) is 1.31. The van der Waals surface area contributed by atoms with Crippen molar-refractivity contribution >= 4 is 22.5 Å². The summed E-state index contributed by atoms with van der Waals surface area (Å²) in [6.45, 7) is 1.81. The van der Waals surface area contributed by atoms with E-state index in [1.165, 1.54) is 17.2 Å². The van der Waals surface area contributed by atoms with Crippen molar-refractivity contribution in [3.05, 3.63) is 125 Å². The van der Waals surface area contributed by atoms with Gasteiger partial charge in [-0.1, -0.05) is 48.5 Å². The molecule has 5 nitrogen and oxygen atoms in total. The maximum Gasteiger partial charge on any atom is 0.225 e. The highest BCUT2D eigenvalue weighted by molar-refractivity contribution is 6.06. The molecule has 0 radical (unpaired) electrons. The minimum absolute atomic E-state index is 0.0273. The second-order valence-electron chi connectivity index (χ2n) is 10.5. The van der Waals surface area contributed by atoms with Crippen molar-refractivity contribution in [1.29, 1.82) is 0 Å². The fourth-order valence-electron chi connectivity index (χ4n) is 6.06. The minimum atomic E-state index is -0.250. The van der Waals surface area contributed by atoms with E-state index in [-0.39, 0.29) is 17.6 Å². The minimum Gasteiger partial charge on any atom is -0.493 e. The molecule has 1 aromatic heterocycles. The number of rotatable bonds is 7. The van der Waals surface area contributed by atoms with Crippen molar-refractivity contribution in [3.63, 3.8) is 0 Å². The maximum absolute atomic E-state index is 13.9. The second kappa shape index (κ2) is 10.2. The molecule has 1 N–H and O–H groups in total. The van der Waals surface area contributed by atoms with E-state index < -0.39 is 0 Å². The average molecular weight is 533 g/mol. The first-order chi connectivity index (χ1) is 19.6. The summed E-state index contributed by atoms with van der Waals surface area (Å²) in [7, 11) is 0. The van der Waals surface area contributed by atoms with Crippen molar-refractivity contribution in [2.45, 2.75) is 31.7 Å². The predicted molar refractivity (Wildman–Crippen MR) is 154 cm³/mol. The number of fused-ring (bicyclic) bond motifs is 1. The zero-order valence-electron chi connectivity index (χ0n) is 22.0. The lowest BCUT2D eigenvalue weighted by molar-refractivity contribution is -0.116. The van der Waals surface area contributed by atoms with Crippen LogP contribution >= 0.6 is 0 Å². The first-order valence-corrected chi connectivity index (χ1v) is 13.7. The third-order valence-corrected chi connectivity index (χ3v) is 7.91. The van der Waals surface area contributed by atoms with Gasteiger partial charge in [0.1, 0.15) is 17.3 Å². The number of nitrogens with one attached hydrogen (secondary N) is 1. The van der Waals surface area contributed by atoms with Gasteiger partial charge in [0.15, 0.2) is 0 Å². The molecule has 6 heteroatoms. The largest absolute Gasteiger partial charge is 0.493 e. The van der Waals surface area contributed by atoms with Crippen LogP contribution in [0.4, 0.5) is 10.1 Å². The van der Waals surface area contributed by atoms with Crippen LogP contribution < -0.4 is 14.8 Å². The first-order valence-electron chi connectivity index (χ1n) is 13.7. The van der Waals surface area contributed by atoms with Gasteiger partial charge in [-0.05, 0) is 58.7 Å². The molecule has 1 atom stereocenters. The highest BCUT2D eigenvalue weighted by Crippen LogP contribution is 2.43. The Labute approximate surface area is 232 Å². The van der Waals surface area contributed by atoms with Gasteiger partial charge in [0, 0.05) is 48.9 Å². The molecule has 2 aliphatic rings. The van der Waals surface area contributed by atoms with Crippen LogP contribution in [0.15, 0.2) is 91.1 Å². The predicted octanol–water partition coefficient (Wildman–Crippen LogP) is 6.86. The molecule has 5 aromatic rings. The SMILES string of the molecule is O=C1C[C@@H](c2ccccc2OCCc2ccc3c(c2)CCO3)c2cn(Cc3cccc(F)c3)c3cccc(c23)N1. The van der Waals surface area contributed by atoms with Gasteiger partial charge >= 0.3 is 0 Å². The average Bonchev–Trinajstić information content (AvgIpc) is 3.54. The van der Waals surface area contributed by atoms with E-state index in [9.17, 15) is 9.18 Å². The summed E-state index contributed by atoms with van der Waals surface area (Å²) in [5.41, 5.74) is 7.22. The van der Waals surface area contributed by atoms with E-state index >= 15 is 0 Å². The van der Waals surface area contributed by atoms with Crippen LogP contribution in [-0.4, -0.2) is 23.7 Å². The molecule has 40 heavy (non-hydrogen) atoms. The van der Waals surface area contributed by atoms with Crippen LogP contribution in [0.25, 0.3) is 10.9 Å². The Morgan fingerprint density at radius 3 is 2.77 bits per heavy atom. The molecule has 0 saturated heterocycles. The van der Waals surface area contributed by atoms with Gasteiger partial charge in [-0.25, -0.2) is 4.39 Å². The van der Waals surface area contributed by atoms with E-state index in [2.05, 4.69) is 40.3 Å². The normalized spacial score (nSPS) is 15.8. The molecular weight excluding hydrogens is 503 g/mol. The Kier molecular flexibility index (Phi) is 6.23. The molecule has 7 rings (SSSR count). The molecule has 3 heterocycles. The summed E-state index contributed by atoms with van der Waals surface area (Å²) in [6, 6.07) is 27.0. The van der Waals surface area contributed by atoms with Crippen molar-refractivity contribution in [2.75, 3.05) is 18.5 Å². The number of hydrogen-bond donors (Lipinski definition) is 1. The van der Waals surface area contributed by atoms with E-state index in [4.69, 9.17) is 9.47 Å². The van der Waals surface area contributed by atoms with Gasteiger partial charge in [-0.15, -0.1) is 0 Å². The Balaban J connectivity index is 1.22. The first kappa shape index (κ1) is 24.5. The smallest absolute Gasteiger partial charge is 0.225 e. The Morgan fingerprint density at radius 2 is 1.85 bits per heavy atom. The van der Waals surface area contributed by atoms with Gasteiger partial charge < -0.3 is 19.4 Å². The summed E-state index contributed by atoms with van der Waals surface area (Å²) >= 11 is 0. The molecule has 0 aliphatic carbocycles. The summed E-state index contributed by atoms with van der Waals surface area (Å²) < 4.78 is 28.1. The number of benzene rings is 4. The van der Waals surface area contributed by atoms with E-state index in [0.717, 1.165) is 64.2 Å². The van der Waals surface area contributed by atoms with Crippen LogP contribution in [0.1, 0.15) is 40.2 Å². The molecule has 200 valence electrons. The van der Waals surface area contributed by atoms with Crippen LogP contribution in [-0.2, 0) is 24.2 Å².